The van der Waals surface area contributed by atoms with Gasteiger partial charge in [-0.1, -0.05) is 60.1 Å². The number of halogens is 1. The maximum atomic E-state index is 12.7. The van der Waals surface area contributed by atoms with Gasteiger partial charge in [-0.05, 0) is 30.2 Å². The molecule has 0 saturated carbocycles. The monoisotopic (exact) mass is 439 g/mol. The van der Waals surface area contributed by atoms with Gasteiger partial charge in [-0.3, -0.25) is 14.9 Å². The minimum absolute atomic E-state index is 0.190. The average molecular weight is 440 g/mol. The number of hydrogen-bond donors (Lipinski definition) is 4. The molecule has 7 nitrogen and oxygen atoms in total. The number of carbonyl (C=O) groups is 2. The van der Waals surface area contributed by atoms with E-state index in [-0.39, 0.29) is 12.5 Å². The Morgan fingerprint density at radius 3 is 2.42 bits per heavy atom. The van der Waals surface area contributed by atoms with Gasteiger partial charge >= 0.3 is 5.97 Å². The van der Waals surface area contributed by atoms with E-state index >= 15 is 0 Å². The molecule has 0 radical (unpaired) electrons. The number of nitrogens with zero attached hydrogens (tertiary/aromatic N) is 1. The second-order valence-corrected chi connectivity index (χ2v) is 7.57. The Hall–Kier alpha value is -3.26. The minimum Gasteiger partial charge on any atom is -0.480 e. The fourth-order valence-corrected chi connectivity index (χ4v) is 3.15. The molecule has 0 fully saturated rings. The molecule has 2 aromatic carbocycles. The summed E-state index contributed by atoms with van der Waals surface area (Å²) in [5.74, 6) is -1.21. The van der Waals surface area contributed by atoms with E-state index in [1.54, 1.807) is 24.3 Å². The van der Waals surface area contributed by atoms with Gasteiger partial charge in [0.05, 0.1) is 17.2 Å². The first-order chi connectivity index (χ1) is 14.8. The number of aliphatic hydroxyl groups excluding tert-OH is 1. The highest BCUT2D eigenvalue weighted by atomic mass is 35.5. The summed E-state index contributed by atoms with van der Waals surface area (Å²) >= 11 is 6.49. The summed E-state index contributed by atoms with van der Waals surface area (Å²) < 4.78 is 0. The van der Waals surface area contributed by atoms with Crippen LogP contribution in [0.2, 0.25) is 5.02 Å². The van der Waals surface area contributed by atoms with Crippen LogP contribution in [0.15, 0.2) is 66.9 Å². The number of anilines is 1. The van der Waals surface area contributed by atoms with E-state index in [0.29, 0.717) is 22.0 Å². The Morgan fingerprint density at radius 1 is 1.06 bits per heavy atom. The summed E-state index contributed by atoms with van der Waals surface area (Å²) in [5, 5.41) is 24.3. The van der Waals surface area contributed by atoms with Crippen LogP contribution in [0.5, 0.6) is 0 Å². The average Bonchev–Trinajstić information content (AvgIpc) is 2.79. The van der Waals surface area contributed by atoms with Crippen molar-refractivity contribution in [2.45, 2.75) is 19.0 Å². The van der Waals surface area contributed by atoms with Crippen LogP contribution in [0.1, 0.15) is 22.8 Å². The van der Waals surface area contributed by atoms with E-state index < -0.39 is 18.1 Å². The molecule has 1 amide bonds. The number of rotatable bonds is 8. The molecule has 1 heterocycles. The van der Waals surface area contributed by atoms with E-state index in [0.717, 1.165) is 11.1 Å². The van der Waals surface area contributed by atoms with Crippen molar-refractivity contribution in [3.8, 4) is 11.1 Å². The number of benzene rings is 2. The second-order valence-electron chi connectivity index (χ2n) is 7.19. The summed E-state index contributed by atoms with van der Waals surface area (Å²) in [4.78, 5) is 28.2. The summed E-state index contributed by atoms with van der Waals surface area (Å²) in [6.45, 7) is 1.03. The number of carboxylic acid groups (broad SMARTS) is 1. The number of carboxylic acids is 1. The summed E-state index contributed by atoms with van der Waals surface area (Å²) in [5.41, 5.74) is 1.25. The zero-order valence-corrected chi connectivity index (χ0v) is 17.6. The summed E-state index contributed by atoms with van der Waals surface area (Å²) in [6.07, 6.45) is 1.52. The topological polar surface area (TPSA) is 112 Å². The molecule has 0 bridgehead atoms. The van der Waals surface area contributed by atoms with Crippen molar-refractivity contribution in [3.63, 3.8) is 0 Å². The molecule has 31 heavy (non-hydrogen) atoms. The maximum Gasteiger partial charge on any atom is 0.326 e. The van der Waals surface area contributed by atoms with Gasteiger partial charge in [0, 0.05) is 18.3 Å². The van der Waals surface area contributed by atoms with Crippen molar-refractivity contribution in [3.05, 3.63) is 83.0 Å². The first kappa shape index (κ1) is 22.4. The van der Waals surface area contributed by atoms with Crippen molar-refractivity contribution in [2.75, 3.05) is 11.9 Å². The smallest absolute Gasteiger partial charge is 0.326 e. The standard InChI is InChI=1S/C23H22ClN3O4/c1-23(14-28,22(30)31)26-13-15-10-11-19(25-12-15)27-21(29)18-9-5-8-17(20(18)24)16-6-3-2-4-7-16/h2-12,26,28H,13-14H2,1H3,(H,30,31)(H,25,27,29)/t23-/m1/s1. The number of amides is 1. The number of nitrogens with one attached hydrogen (secondary N) is 2. The highest BCUT2D eigenvalue weighted by Gasteiger charge is 2.31. The van der Waals surface area contributed by atoms with Gasteiger partial charge in [0.25, 0.3) is 5.91 Å². The SMILES string of the molecule is C[C@](CO)(NCc1ccc(NC(=O)c2cccc(-c3ccccc3)c2Cl)nc1)C(=O)O. The zero-order chi connectivity index (χ0) is 22.4. The van der Waals surface area contributed by atoms with Crippen LogP contribution in [0.3, 0.4) is 0 Å². The molecule has 8 heteroatoms. The fraction of sp³-hybridized carbons (Fsp3) is 0.174. The largest absolute Gasteiger partial charge is 0.480 e. The van der Waals surface area contributed by atoms with Gasteiger partial charge in [-0.15, -0.1) is 0 Å². The molecule has 1 atom stereocenters. The normalized spacial score (nSPS) is 12.7. The van der Waals surface area contributed by atoms with E-state index in [9.17, 15) is 19.8 Å². The number of pyridine rings is 1. The predicted octanol–water partition coefficient (Wildman–Crippen LogP) is 3.58. The van der Waals surface area contributed by atoms with Gasteiger partial charge in [-0.2, -0.15) is 0 Å². The quantitative estimate of drug-likeness (QED) is 0.427. The van der Waals surface area contributed by atoms with Crippen molar-refractivity contribution >= 4 is 29.3 Å². The van der Waals surface area contributed by atoms with E-state index in [1.165, 1.54) is 13.1 Å². The van der Waals surface area contributed by atoms with Crippen LogP contribution in [-0.4, -0.2) is 39.2 Å². The van der Waals surface area contributed by atoms with Crippen molar-refractivity contribution < 1.29 is 19.8 Å². The Labute approximate surface area is 184 Å². The molecule has 3 rings (SSSR count). The summed E-state index contributed by atoms with van der Waals surface area (Å²) in [6, 6.07) is 18.1. The number of aromatic nitrogens is 1. The van der Waals surface area contributed by atoms with Gasteiger partial charge in [-0.25, -0.2) is 4.98 Å². The second kappa shape index (κ2) is 9.70. The lowest BCUT2D eigenvalue weighted by molar-refractivity contribution is -0.145. The van der Waals surface area contributed by atoms with Crippen LogP contribution >= 0.6 is 11.6 Å². The van der Waals surface area contributed by atoms with Crippen LogP contribution in [0, 0.1) is 0 Å². The molecule has 0 aliphatic carbocycles. The van der Waals surface area contributed by atoms with Crippen LogP contribution < -0.4 is 10.6 Å². The lowest BCUT2D eigenvalue weighted by Crippen LogP contribution is -2.52. The third-order valence-corrected chi connectivity index (χ3v) is 5.27. The highest BCUT2D eigenvalue weighted by Crippen LogP contribution is 2.31. The Morgan fingerprint density at radius 2 is 1.81 bits per heavy atom. The van der Waals surface area contributed by atoms with Crippen LogP contribution in [0.25, 0.3) is 11.1 Å². The molecule has 4 N–H and O–H groups in total. The number of aliphatic hydroxyl groups is 1. The molecule has 1 aromatic heterocycles. The third kappa shape index (κ3) is 5.27. The first-order valence-corrected chi connectivity index (χ1v) is 9.91. The summed E-state index contributed by atoms with van der Waals surface area (Å²) in [7, 11) is 0. The first-order valence-electron chi connectivity index (χ1n) is 9.53. The van der Waals surface area contributed by atoms with Gasteiger partial charge in [0.2, 0.25) is 0 Å². The lowest BCUT2D eigenvalue weighted by Gasteiger charge is -2.23. The van der Waals surface area contributed by atoms with Gasteiger partial charge in [0.15, 0.2) is 0 Å². The van der Waals surface area contributed by atoms with Crippen molar-refractivity contribution in [2.24, 2.45) is 0 Å². The molecule has 0 aliphatic heterocycles. The van der Waals surface area contributed by atoms with E-state index in [2.05, 4.69) is 15.6 Å². The van der Waals surface area contributed by atoms with E-state index in [1.807, 2.05) is 36.4 Å². The Bertz CT molecular complexity index is 1070. The molecule has 3 aromatic rings. The lowest BCUT2D eigenvalue weighted by atomic mass is 10.0. The molecule has 160 valence electrons. The number of aliphatic carboxylic acids is 1. The van der Waals surface area contributed by atoms with Gasteiger partial charge in [0.1, 0.15) is 11.4 Å². The molecular weight excluding hydrogens is 418 g/mol. The Balaban J connectivity index is 1.70. The molecule has 0 spiro atoms. The predicted molar refractivity (Wildman–Crippen MR) is 119 cm³/mol. The van der Waals surface area contributed by atoms with Crippen molar-refractivity contribution in [1.82, 2.24) is 10.3 Å². The van der Waals surface area contributed by atoms with Gasteiger partial charge < -0.3 is 15.5 Å². The third-order valence-electron chi connectivity index (χ3n) is 4.87. The van der Waals surface area contributed by atoms with Crippen molar-refractivity contribution in [1.29, 1.82) is 0 Å². The Kier molecular flexibility index (Phi) is 7.02. The molecule has 0 unspecified atom stereocenters. The minimum atomic E-state index is -1.45. The van der Waals surface area contributed by atoms with Crippen LogP contribution in [-0.2, 0) is 11.3 Å². The van der Waals surface area contributed by atoms with Crippen LogP contribution in [0.4, 0.5) is 5.82 Å². The maximum absolute atomic E-state index is 12.7. The number of hydrogen-bond acceptors (Lipinski definition) is 5. The zero-order valence-electron chi connectivity index (χ0n) is 16.8. The number of carbonyl (C=O) groups excluding carboxylic acids is 1. The van der Waals surface area contributed by atoms with E-state index in [4.69, 9.17) is 11.6 Å². The highest BCUT2D eigenvalue weighted by molar-refractivity contribution is 6.37. The molecular formula is C23H22ClN3O4. The fourth-order valence-electron chi connectivity index (χ4n) is 2.83. The molecule has 0 saturated heterocycles. The molecule has 0 aliphatic rings.